The first-order valence-corrected chi connectivity index (χ1v) is 7.81. The lowest BCUT2D eigenvalue weighted by Crippen LogP contribution is -2.28. The predicted molar refractivity (Wildman–Crippen MR) is 75.7 cm³/mol. The average molecular weight is 295 g/mol. The van der Waals surface area contributed by atoms with Crippen molar-refractivity contribution in [2.45, 2.75) is 17.7 Å². The molecule has 1 saturated carbocycles. The van der Waals surface area contributed by atoms with E-state index in [0.717, 1.165) is 18.9 Å². The highest BCUT2D eigenvalue weighted by atomic mass is 32.2. The maximum absolute atomic E-state index is 12.4. The zero-order chi connectivity index (χ0) is 14.8. The van der Waals surface area contributed by atoms with Crippen LogP contribution in [0.15, 0.2) is 35.2 Å². The van der Waals surface area contributed by atoms with Crippen molar-refractivity contribution >= 4 is 22.1 Å². The second-order valence-corrected chi connectivity index (χ2v) is 7.02. The number of carboxylic acid groups (broad SMARTS) is 1. The van der Waals surface area contributed by atoms with Crippen LogP contribution in [0.5, 0.6) is 0 Å². The summed E-state index contributed by atoms with van der Waals surface area (Å²) in [5.74, 6) is -0.589. The first-order valence-electron chi connectivity index (χ1n) is 6.37. The van der Waals surface area contributed by atoms with E-state index in [-0.39, 0.29) is 4.90 Å². The van der Waals surface area contributed by atoms with E-state index in [1.165, 1.54) is 22.5 Å². The van der Waals surface area contributed by atoms with Crippen LogP contribution in [0.25, 0.3) is 6.08 Å². The second kappa shape index (κ2) is 5.76. The molecule has 1 fully saturated rings. The molecule has 0 radical (unpaired) electrons. The number of hydrogen-bond acceptors (Lipinski definition) is 3. The summed E-state index contributed by atoms with van der Waals surface area (Å²) in [5, 5.41) is 8.58. The molecule has 1 aliphatic rings. The Morgan fingerprint density at radius 2 is 2.15 bits per heavy atom. The lowest BCUT2D eigenvalue weighted by molar-refractivity contribution is -0.131. The summed E-state index contributed by atoms with van der Waals surface area (Å²) in [7, 11) is -1.93. The first kappa shape index (κ1) is 14.7. The van der Waals surface area contributed by atoms with Gasteiger partial charge in [-0.1, -0.05) is 12.1 Å². The number of hydrogen-bond donors (Lipinski definition) is 1. The van der Waals surface area contributed by atoms with E-state index in [2.05, 4.69) is 0 Å². The minimum atomic E-state index is -3.50. The summed E-state index contributed by atoms with van der Waals surface area (Å²) in [5.41, 5.74) is 0.549. The van der Waals surface area contributed by atoms with E-state index in [0.29, 0.717) is 18.0 Å². The third-order valence-corrected chi connectivity index (χ3v) is 5.02. The molecule has 108 valence electrons. The number of carboxylic acids is 1. The van der Waals surface area contributed by atoms with Crippen molar-refractivity contribution in [2.75, 3.05) is 13.6 Å². The zero-order valence-electron chi connectivity index (χ0n) is 11.2. The molecule has 20 heavy (non-hydrogen) atoms. The molecular weight excluding hydrogens is 278 g/mol. The second-order valence-electron chi connectivity index (χ2n) is 4.97. The summed E-state index contributed by atoms with van der Waals surface area (Å²) >= 11 is 0. The Morgan fingerprint density at radius 1 is 1.45 bits per heavy atom. The summed E-state index contributed by atoms with van der Waals surface area (Å²) in [6.07, 6.45) is 4.53. The monoisotopic (exact) mass is 295 g/mol. The molecule has 0 amide bonds. The van der Waals surface area contributed by atoms with E-state index < -0.39 is 16.0 Å². The van der Waals surface area contributed by atoms with Gasteiger partial charge in [0.2, 0.25) is 10.0 Å². The van der Waals surface area contributed by atoms with Gasteiger partial charge in [-0.05, 0) is 42.5 Å². The number of carbonyl (C=O) groups is 1. The molecule has 0 spiro atoms. The maximum Gasteiger partial charge on any atom is 0.328 e. The molecule has 6 heteroatoms. The molecule has 0 atom stereocenters. The highest BCUT2D eigenvalue weighted by Gasteiger charge is 2.29. The number of sulfonamides is 1. The summed E-state index contributed by atoms with van der Waals surface area (Å²) in [6.45, 7) is 0.539. The van der Waals surface area contributed by atoms with Crippen molar-refractivity contribution in [3.05, 3.63) is 35.9 Å². The highest BCUT2D eigenvalue weighted by molar-refractivity contribution is 7.89. The summed E-state index contributed by atoms with van der Waals surface area (Å²) in [4.78, 5) is 10.7. The van der Waals surface area contributed by atoms with Gasteiger partial charge in [0.15, 0.2) is 0 Å². The van der Waals surface area contributed by atoms with Gasteiger partial charge in [0, 0.05) is 19.7 Å². The van der Waals surface area contributed by atoms with Crippen molar-refractivity contribution in [1.82, 2.24) is 4.31 Å². The van der Waals surface area contributed by atoms with Crippen molar-refractivity contribution < 1.29 is 18.3 Å². The fourth-order valence-corrected chi connectivity index (χ4v) is 3.19. The van der Waals surface area contributed by atoms with Gasteiger partial charge < -0.3 is 5.11 Å². The van der Waals surface area contributed by atoms with E-state index >= 15 is 0 Å². The molecule has 1 aliphatic carbocycles. The van der Waals surface area contributed by atoms with Crippen LogP contribution >= 0.6 is 0 Å². The largest absolute Gasteiger partial charge is 0.478 e. The fourth-order valence-electron chi connectivity index (χ4n) is 1.89. The quantitative estimate of drug-likeness (QED) is 0.812. The zero-order valence-corrected chi connectivity index (χ0v) is 12.0. The van der Waals surface area contributed by atoms with Gasteiger partial charge in [-0.25, -0.2) is 17.5 Å². The van der Waals surface area contributed by atoms with Crippen molar-refractivity contribution in [2.24, 2.45) is 5.92 Å². The Morgan fingerprint density at radius 3 is 2.75 bits per heavy atom. The molecule has 2 rings (SSSR count). The van der Waals surface area contributed by atoms with E-state index in [1.54, 1.807) is 19.2 Å². The van der Waals surface area contributed by atoms with Crippen LogP contribution in [0, 0.1) is 5.92 Å². The summed E-state index contributed by atoms with van der Waals surface area (Å²) < 4.78 is 26.1. The summed E-state index contributed by atoms with van der Waals surface area (Å²) in [6, 6.07) is 6.29. The standard InChI is InChI=1S/C14H17NO4S/c1-15(10-12-5-6-12)20(18,19)13-4-2-3-11(9-13)7-8-14(16)17/h2-4,7-9,12H,5-6,10H2,1H3,(H,16,17). The predicted octanol–water partition coefficient (Wildman–Crippen LogP) is 1.81. The Bertz CT molecular complexity index is 632. The van der Waals surface area contributed by atoms with Gasteiger partial charge in [-0.2, -0.15) is 0 Å². The van der Waals surface area contributed by atoms with Gasteiger partial charge >= 0.3 is 5.97 Å². The molecule has 1 aromatic rings. The Balaban J connectivity index is 2.22. The number of aliphatic carboxylic acids is 1. The van der Waals surface area contributed by atoms with Gasteiger partial charge in [0.25, 0.3) is 0 Å². The van der Waals surface area contributed by atoms with Crippen molar-refractivity contribution in [3.8, 4) is 0 Å². The molecule has 5 nitrogen and oxygen atoms in total. The smallest absolute Gasteiger partial charge is 0.328 e. The Kier molecular flexibility index (Phi) is 4.25. The molecule has 1 aromatic carbocycles. The van der Waals surface area contributed by atoms with Crippen molar-refractivity contribution in [3.63, 3.8) is 0 Å². The molecular formula is C14H17NO4S. The Hall–Kier alpha value is -1.66. The normalized spacial score (nSPS) is 15.9. The van der Waals surface area contributed by atoms with Crippen molar-refractivity contribution in [1.29, 1.82) is 0 Å². The SMILES string of the molecule is CN(CC1CC1)S(=O)(=O)c1cccc(C=CC(=O)O)c1. The lowest BCUT2D eigenvalue weighted by atomic mass is 10.2. The van der Waals surface area contributed by atoms with Crippen LogP contribution in [0.4, 0.5) is 0 Å². The Labute approximate surface area is 118 Å². The molecule has 0 aromatic heterocycles. The van der Waals surface area contributed by atoms with Crippen LogP contribution in [0.1, 0.15) is 18.4 Å². The third kappa shape index (κ3) is 3.68. The van der Waals surface area contributed by atoms with Crippen LogP contribution in [-0.4, -0.2) is 37.4 Å². The van der Waals surface area contributed by atoms with Crippen LogP contribution in [0.2, 0.25) is 0 Å². The molecule has 0 saturated heterocycles. The van der Waals surface area contributed by atoms with Gasteiger partial charge in [0.1, 0.15) is 0 Å². The van der Waals surface area contributed by atoms with Gasteiger partial charge in [0.05, 0.1) is 4.90 Å². The van der Waals surface area contributed by atoms with Crippen LogP contribution in [0.3, 0.4) is 0 Å². The number of rotatable bonds is 6. The number of nitrogens with zero attached hydrogens (tertiary/aromatic N) is 1. The van der Waals surface area contributed by atoms with Gasteiger partial charge in [-0.3, -0.25) is 0 Å². The topological polar surface area (TPSA) is 74.7 Å². The minimum absolute atomic E-state index is 0.188. The average Bonchev–Trinajstić information content (AvgIpc) is 3.20. The van der Waals surface area contributed by atoms with E-state index in [4.69, 9.17) is 5.11 Å². The number of benzene rings is 1. The van der Waals surface area contributed by atoms with Crippen LogP contribution < -0.4 is 0 Å². The van der Waals surface area contributed by atoms with E-state index in [1.807, 2.05) is 0 Å². The third-order valence-electron chi connectivity index (χ3n) is 3.20. The first-order chi connectivity index (χ1) is 9.39. The molecule has 0 heterocycles. The molecule has 1 N–H and O–H groups in total. The van der Waals surface area contributed by atoms with Crippen LogP contribution in [-0.2, 0) is 14.8 Å². The molecule has 0 unspecified atom stereocenters. The maximum atomic E-state index is 12.4. The highest BCUT2D eigenvalue weighted by Crippen LogP contribution is 2.31. The molecule has 0 bridgehead atoms. The fraction of sp³-hybridized carbons (Fsp3) is 0.357. The van der Waals surface area contributed by atoms with E-state index in [9.17, 15) is 13.2 Å². The van der Waals surface area contributed by atoms with Gasteiger partial charge in [-0.15, -0.1) is 0 Å². The minimum Gasteiger partial charge on any atom is -0.478 e. The lowest BCUT2D eigenvalue weighted by Gasteiger charge is -2.17. The molecule has 0 aliphatic heterocycles.